The van der Waals surface area contributed by atoms with Gasteiger partial charge in [-0.15, -0.1) is 0 Å². The van der Waals surface area contributed by atoms with Gasteiger partial charge in [-0.05, 0) is 103 Å². The third kappa shape index (κ3) is 59.2. The highest BCUT2D eigenvalue weighted by atomic mass is 16.6. The second kappa shape index (κ2) is 61.9. The molecule has 1 unspecified atom stereocenters. The van der Waals surface area contributed by atoms with Gasteiger partial charge in [-0.25, -0.2) is 0 Å². The van der Waals surface area contributed by atoms with E-state index in [-0.39, 0.29) is 31.1 Å². The Labute approximate surface area is 457 Å². The van der Waals surface area contributed by atoms with Crippen molar-refractivity contribution < 1.29 is 28.6 Å². The Balaban J connectivity index is 4.34. The molecule has 6 nitrogen and oxygen atoms in total. The average Bonchev–Trinajstić information content (AvgIpc) is 3.40. The molecule has 0 aromatic rings. The van der Waals surface area contributed by atoms with Gasteiger partial charge in [0.25, 0.3) is 0 Å². The normalized spacial score (nSPS) is 12.7. The van der Waals surface area contributed by atoms with Gasteiger partial charge in [0, 0.05) is 19.3 Å². The van der Waals surface area contributed by atoms with E-state index in [2.05, 4.69) is 118 Å². The summed E-state index contributed by atoms with van der Waals surface area (Å²) in [6, 6.07) is 0. The Morgan fingerprint density at radius 3 is 0.838 bits per heavy atom. The van der Waals surface area contributed by atoms with E-state index in [4.69, 9.17) is 14.2 Å². The van der Waals surface area contributed by atoms with Crippen LogP contribution in [0.15, 0.2) is 97.2 Å². The van der Waals surface area contributed by atoms with Gasteiger partial charge in [0.1, 0.15) is 13.2 Å². The molecule has 0 saturated carbocycles. The zero-order chi connectivity index (χ0) is 53.6. The molecular weight excluding hydrogens is 913 g/mol. The summed E-state index contributed by atoms with van der Waals surface area (Å²) in [5.41, 5.74) is 0. The van der Waals surface area contributed by atoms with Gasteiger partial charge in [-0.3, -0.25) is 14.4 Å². The molecule has 6 heteroatoms. The first-order valence-electron chi connectivity index (χ1n) is 31.2. The zero-order valence-corrected chi connectivity index (χ0v) is 48.6. The van der Waals surface area contributed by atoms with Crippen LogP contribution in [0.5, 0.6) is 0 Å². The molecule has 0 rings (SSSR count). The molecule has 0 aliphatic heterocycles. The van der Waals surface area contributed by atoms with Crippen LogP contribution >= 0.6 is 0 Å². The van der Waals surface area contributed by atoms with Gasteiger partial charge in [-0.1, -0.05) is 272 Å². The highest BCUT2D eigenvalue weighted by Gasteiger charge is 2.19. The lowest BCUT2D eigenvalue weighted by atomic mass is 10.1. The molecule has 0 spiro atoms. The fourth-order valence-corrected chi connectivity index (χ4v) is 8.65. The van der Waals surface area contributed by atoms with Crippen LogP contribution in [-0.4, -0.2) is 37.2 Å². The minimum atomic E-state index is -0.787. The van der Waals surface area contributed by atoms with Gasteiger partial charge in [0.15, 0.2) is 6.10 Å². The number of ether oxygens (including phenoxy) is 3. The second-order valence-electron chi connectivity index (χ2n) is 20.6. The first-order valence-corrected chi connectivity index (χ1v) is 31.2. The van der Waals surface area contributed by atoms with Gasteiger partial charge < -0.3 is 14.2 Å². The minimum absolute atomic E-state index is 0.0833. The fraction of sp³-hybridized carbons (Fsp3) is 0.721. The van der Waals surface area contributed by atoms with E-state index >= 15 is 0 Å². The summed E-state index contributed by atoms with van der Waals surface area (Å²) in [7, 11) is 0. The maximum atomic E-state index is 12.9. The van der Waals surface area contributed by atoms with Crippen molar-refractivity contribution in [3.05, 3.63) is 97.2 Å². The molecule has 0 amide bonds. The maximum Gasteiger partial charge on any atom is 0.306 e. The molecule has 424 valence electrons. The van der Waals surface area contributed by atoms with E-state index < -0.39 is 6.10 Å². The Morgan fingerprint density at radius 1 is 0.284 bits per heavy atom. The number of esters is 3. The van der Waals surface area contributed by atoms with Crippen molar-refractivity contribution in [3.8, 4) is 0 Å². The number of rotatable bonds is 56. The van der Waals surface area contributed by atoms with Crippen molar-refractivity contribution in [1.82, 2.24) is 0 Å². The zero-order valence-electron chi connectivity index (χ0n) is 48.6. The third-order valence-corrected chi connectivity index (χ3v) is 13.3. The van der Waals surface area contributed by atoms with Crippen molar-refractivity contribution >= 4 is 17.9 Å². The van der Waals surface area contributed by atoms with Crippen molar-refractivity contribution in [1.29, 1.82) is 0 Å². The summed E-state index contributed by atoms with van der Waals surface area (Å²) in [6.07, 6.45) is 82.6. The number of carbonyl (C=O) groups excluding carboxylic acids is 3. The summed E-state index contributed by atoms with van der Waals surface area (Å²) in [6.45, 7) is 6.52. The smallest absolute Gasteiger partial charge is 0.306 e. The lowest BCUT2D eigenvalue weighted by Gasteiger charge is -2.18. The van der Waals surface area contributed by atoms with Crippen LogP contribution in [0.4, 0.5) is 0 Å². The van der Waals surface area contributed by atoms with Crippen LogP contribution in [0.1, 0.15) is 297 Å². The molecule has 0 aliphatic carbocycles. The highest BCUT2D eigenvalue weighted by Crippen LogP contribution is 2.15. The molecule has 1 atom stereocenters. The van der Waals surface area contributed by atoms with Crippen LogP contribution in [0.25, 0.3) is 0 Å². The largest absolute Gasteiger partial charge is 0.462 e. The molecule has 0 heterocycles. The van der Waals surface area contributed by atoms with Crippen molar-refractivity contribution in [2.24, 2.45) is 0 Å². The predicted octanol–water partition coefficient (Wildman–Crippen LogP) is 21.3. The van der Waals surface area contributed by atoms with Crippen LogP contribution in [-0.2, 0) is 28.6 Å². The Kier molecular flexibility index (Phi) is 58.8. The maximum absolute atomic E-state index is 12.9. The van der Waals surface area contributed by atoms with Crippen LogP contribution in [0.2, 0.25) is 0 Å². The number of hydrogen-bond acceptors (Lipinski definition) is 6. The van der Waals surface area contributed by atoms with E-state index in [1.54, 1.807) is 0 Å². The standard InChI is InChI=1S/C68H116O6/c1-4-7-10-13-16-19-22-24-26-28-30-31-32-33-34-35-36-37-38-40-41-43-46-49-52-55-58-61-67(70)73-64-65(63-72-66(69)60-57-54-51-48-45-21-18-15-12-9-6-3)74-68(71)62-59-56-53-50-47-44-42-39-29-27-25-23-20-17-14-11-8-5-2/h7,10,16,19,24,26-27,29-31,33-34,36-37,40-41,65H,4-6,8-9,11-15,17-18,20-23,25,28,32,35,38-39,42-64H2,1-3H3/b10-7-,19-16-,26-24-,29-27-,31-30-,34-33-,37-36-,41-40-. The highest BCUT2D eigenvalue weighted by molar-refractivity contribution is 5.71. The van der Waals surface area contributed by atoms with Crippen LogP contribution < -0.4 is 0 Å². The van der Waals surface area contributed by atoms with Crippen LogP contribution in [0, 0.1) is 0 Å². The Morgan fingerprint density at radius 2 is 0.527 bits per heavy atom. The molecular formula is C68H116O6. The molecule has 0 radical (unpaired) electrons. The molecule has 0 fully saturated rings. The van der Waals surface area contributed by atoms with E-state index in [9.17, 15) is 14.4 Å². The molecule has 0 N–H and O–H groups in total. The molecule has 0 aliphatic rings. The van der Waals surface area contributed by atoms with Gasteiger partial charge in [0.2, 0.25) is 0 Å². The summed E-state index contributed by atoms with van der Waals surface area (Å²) >= 11 is 0. The summed E-state index contributed by atoms with van der Waals surface area (Å²) in [5, 5.41) is 0. The van der Waals surface area contributed by atoms with E-state index in [1.165, 1.54) is 135 Å². The van der Waals surface area contributed by atoms with Crippen molar-refractivity contribution in [3.63, 3.8) is 0 Å². The quantitative estimate of drug-likeness (QED) is 0.0261. The molecule has 0 saturated heterocycles. The second-order valence-corrected chi connectivity index (χ2v) is 20.6. The first kappa shape index (κ1) is 70.3. The van der Waals surface area contributed by atoms with Crippen molar-refractivity contribution in [2.45, 2.75) is 303 Å². The molecule has 74 heavy (non-hydrogen) atoms. The Bertz CT molecular complexity index is 1460. The summed E-state index contributed by atoms with van der Waals surface area (Å²) in [4.78, 5) is 38.2. The fourth-order valence-electron chi connectivity index (χ4n) is 8.65. The first-order chi connectivity index (χ1) is 36.5. The van der Waals surface area contributed by atoms with Gasteiger partial charge in [-0.2, -0.15) is 0 Å². The Hall–Kier alpha value is -3.67. The summed E-state index contributed by atoms with van der Waals surface area (Å²) in [5.74, 6) is -0.900. The summed E-state index contributed by atoms with van der Waals surface area (Å²) < 4.78 is 16.9. The number of carbonyl (C=O) groups is 3. The van der Waals surface area contributed by atoms with Gasteiger partial charge in [0.05, 0.1) is 0 Å². The lowest BCUT2D eigenvalue weighted by molar-refractivity contribution is -0.167. The predicted molar refractivity (Wildman–Crippen MR) is 320 cm³/mol. The monoisotopic (exact) mass is 1030 g/mol. The lowest BCUT2D eigenvalue weighted by Crippen LogP contribution is -2.30. The molecule has 0 aromatic heterocycles. The number of hydrogen-bond donors (Lipinski definition) is 0. The van der Waals surface area contributed by atoms with E-state index in [1.807, 2.05) is 0 Å². The van der Waals surface area contributed by atoms with Gasteiger partial charge >= 0.3 is 17.9 Å². The third-order valence-electron chi connectivity index (χ3n) is 13.3. The van der Waals surface area contributed by atoms with E-state index in [0.29, 0.717) is 19.3 Å². The number of allylic oxidation sites excluding steroid dienone is 16. The average molecular weight is 1030 g/mol. The SMILES string of the molecule is CC/C=C\C/C=C\C/C=C\C/C=C\C/C=C\C/C=C\C/C=C\CCCCCCCC(=O)OCC(COC(=O)CCCCCCCCCCCCC)OC(=O)CCCCCCCCC/C=C\CCCCCCCCC. The van der Waals surface area contributed by atoms with E-state index in [0.717, 1.165) is 122 Å². The molecule has 0 bridgehead atoms. The topological polar surface area (TPSA) is 78.9 Å². The number of unbranched alkanes of at least 4 members (excludes halogenated alkanes) is 29. The minimum Gasteiger partial charge on any atom is -0.462 e. The van der Waals surface area contributed by atoms with Crippen LogP contribution in [0.3, 0.4) is 0 Å². The molecule has 0 aromatic carbocycles. The van der Waals surface area contributed by atoms with Crippen molar-refractivity contribution in [2.75, 3.05) is 13.2 Å².